The minimum Gasteiger partial charge on any atom is -0.350 e. The van der Waals surface area contributed by atoms with Crippen LogP contribution in [0.4, 0.5) is 8.78 Å². The molecule has 19 heavy (non-hydrogen) atoms. The molecule has 1 aliphatic rings. The molecule has 1 fully saturated rings. The number of piperazine rings is 1. The average Bonchev–Trinajstić information content (AvgIpc) is 2.40. The van der Waals surface area contributed by atoms with E-state index >= 15 is 0 Å². The van der Waals surface area contributed by atoms with Crippen LogP contribution >= 0.6 is 0 Å². The van der Waals surface area contributed by atoms with E-state index in [1.165, 1.54) is 6.07 Å². The molecule has 0 bridgehead atoms. The van der Waals surface area contributed by atoms with E-state index in [4.69, 9.17) is 0 Å². The van der Waals surface area contributed by atoms with E-state index < -0.39 is 17.5 Å². The van der Waals surface area contributed by atoms with Crippen LogP contribution in [0.25, 0.3) is 0 Å². The third-order valence-electron chi connectivity index (χ3n) is 3.32. The van der Waals surface area contributed by atoms with Gasteiger partial charge in [-0.25, -0.2) is 8.78 Å². The number of nitrogens with zero attached hydrogens (tertiary/aromatic N) is 1. The molecule has 1 aromatic rings. The number of benzene rings is 1. The first-order valence-corrected chi connectivity index (χ1v) is 6.22. The fourth-order valence-electron chi connectivity index (χ4n) is 2.04. The fourth-order valence-corrected chi connectivity index (χ4v) is 2.04. The van der Waals surface area contributed by atoms with Gasteiger partial charge in [0, 0.05) is 37.8 Å². The average molecular weight is 269 g/mol. The first kappa shape index (κ1) is 13.9. The maximum atomic E-state index is 13.0. The minimum absolute atomic E-state index is 0.130. The van der Waals surface area contributed by atoms with E-state index in [1.807, 2.05) is 7.05 Å². The zero-order valence-corrected chi connectivity index (χ0v) is 10.7. The molecule has 104 valence electrons. The van der Waals surface area contributed by atoms with E-state index in [2.05, 4.69) is 15.5 Å². The second kappa shape index (κ2) is 6.08. The Morgan fingerprint density at radius 3 is 2.95 bits per heavy atom. The molecule has 6 heteroatoms. The maximum Gasteiger partial charge on any atom is 0.251 e. The highest BCUT2D eigenvalue weighted by Gasteiger charge is 2.19. The first-order chi connectivity index (χ1) is 9.08. The predicted molar refractivity (Wildman–Crippen MR) is 68.0 cm³/mol. The van der Waals surface area contributed by atoms with E-state index in [9.17, 15) is 13.6 Å². The summed E-state index contributed by atoms with van der Waals surface area (Å²) in [6.45, 7) is 3.13. The van der Waals surface area contributed by atoms with Gasteiger partial charge in [-0.15, -0.1) is 0 Å². The molecule has 0 radical (unpaired) electrons. The van der Waals surface area contributed by atoms with Gasteiger partial charge >= 0.3 is 0 Å². The number of carbonyl (C=O) groups is 1. The van der Waals surface area contributed by atoms with E-state index in [1.54, 1.807) is 0 Å². The number of halogens is 2. The van der Waals surface area contributed by atoms with Crippen LogP contribution in [0.2, 0.25) is 0 Å². The lowest BCUT2D eigenvalue weighted by molar-refractivity contribution is 0.0932. The van der Waals surface area contributed by atoms with Gasteiger partial charge in [0.1, 0.15) is 0 Å². The molecule has 1 unspecified atom stereocenters. The number of carbonyl (C=O) groups excluding carboxylic acids is 1. The summed E-state index contributed by atoms with van der Waals surface area (Å²) in [4.78, 5) is 14.0. The molecule has 1 atom stereocenters. The van der Waals surface area contributed by atoms with Crippen LogP contribution in [0.1, 0.15) is 10.4 Å². The van der Waals surface area contributed by atoms with Gasteiger partial charge in [0.25, 0.3) is 5.91 Å². The van der Waals surface area contributed by atoms with Crippen molar-refractivity contribution in [3.05, 3.63) is 35.4 Å². The SMILES string of the molecule is CN1CCNCC1CNC(=O)c1ccc(F)c(F)c1. The van der Waals surface area contributed by atoms with Crippen molar-refractivity contribution in [1.29, 1.82) is 0 Å². The molecule has 2 rings (SSSR count). The molecule has 0 aliphatic carbocycles. The largest absolute Gasteiger partial charge is 0.350 e. The lowest BCUT2D eigenvalue weighted by Gasteiger charge is -2.33. The zero-order valence-electron chi connectivity index (χ0n) is 10.7. The van der Waals surface area contributed by atoms with Crippen molar-refractivity contribution in [1.82, 2.24) is 15.5 Å². The van der Waals surface area contributed by atoms with Gasteiger partial charge in [-0.2, -0.15) is 0 Å². The van der Waals surface area contributed by atoms with Crippen molar-refractivity contribution in [2.75, 3.05) is 33.2 Å². The number of hydrogen-bond donors (Lipinski definition) is 2. The second-order valence-electron chi connectivity index (χ2n) is 4.68. The summed E-state index contributed by atoms with van der Waals surface area (Å²) in [5, 5.41) is 5.98. The Labute approximate surface area is 110 Å². The van der Waals surface area contributed by atoms with Gasteiger partial charge in [0.15, 0.2) is 11.6 Å². The molecule has 4 nitrogen and oxygen atoms in total. The summed E-state index contributed by atoms with van der Waals surface area (Å²) in [5.74, 6) is -2.35. The van der Waals surface area contributed by atoms with Crippen molar-refractivity contribution in [2.24, 2.45) is 0 Å². The fraction of sp³-hybridized carbons (Fsp3) is 0.462. The van der Waals surface area contributed by atoms with Crippen LogP contribution in [0.3, 0.4) is 0 Å². The summed E-state index contributed by atoms with van der Waals surface area (Å²) in [5.41, 5.74) is 0.130. The van der Waals surface area contributed by atoms with Crippen LogP contribution in [0, 0.1) is 11.6 Å². The highest BCUT2D eigenvalue weighted by Crippen LogP contribution is 2.08. The second-order valence-corrected chi connectivity index (χ2v) is 4.68. The third kappa shape index (κ3) is 3.48. The number of likely N-dealkylation sites (N-methyl/N-ethyl adjacent to an activating group) is 1. The number of nitrogens with one attached hydrogen (secondary N) is 2. The van der Waals surface area contributed by atoms with E-state index in [0.29, 0.717) is 6.54 Å². The number of amides is 1. The Balaban J connectivity index is 1.91. The van der Waals surface area contributed by atoms with E-state index in [-0.39, 0.29) is 11.6 Å². The van der Waals surface area contributed by atoms with Gasteiger partial charge in [-0.1, -0.05) is 0 Å². The molecule has 0 spiro atoms. The standard InChI is InChI=1S/C13H17F2N3O/c1-18-5-4-16-7-10(18)8-17-13(19)9-2-3-11(14)12(15)6-9/h2-3,6,10,16H,4-5,7-8H2,1H3,(H,17,19). The lowest BCUT2D eigenvalue weighted by atomic mass is 10.1. The Kier molecular flexibility index (Phi) is 4.44. The molecule has 0 saturated carbocycles. The summed E-state index contributed by atoms with van der Waals surface area (Å²) in [7, 11) is 2.00. The predicted octanol–water partition coefficient (Wildman–Crippen LogP) is 0.598. The summed E-state index contributed by atoms with van der Waals surface area (Å²) in [6.07, 6.45) is 0. The Morgan fingerprint density at radius 1 is 1.47 bits per heavy atom. The number of rotatable bonds is 3. The van der Waals surface area contributed by atoms with Crippen molar-refractivity contribution in [3.63, 3.8) is 0 Å². The Morgan fingerprint density at radius 2 is 2.26 bits per heavy atom. The molecule has 1 aromatic carbocycles. The third-order valence-corrected chi connectivity index (χ3v) is 3.32. The highest BCUT2D eigenvalue weighted by molar-refractivity contribution is 5.94. The van der Waals surface area contributed by atoms with E-state index in [0.717, 1.165) is 31.8 Å². The molecule has 2 N–H and O–H groups in total. The molecule has 0 aromatic heterocycles. The highest BCUT2D eigenvalue weighted by atomic mass is 19.2. The monoisotopic (exact) mass is 269 g/mol. The van der Waals surface area contributed by atoms with Crippen LogP contribution in [-0.2, 0) is 0 Å². The lowest BCUT2D eigenvalue weighted by Crippen LogP contribution is -2.53. The minimum atomic E-state index is -1.01. The smallest absolute Gasteiger partial charge is 0.251 e. The molecular formula is C13H17F2N3O. The zero-order chi connectivity index (χ0) is 13.8. The van der Waals surface area contributed by atoms with Crippen LogP contribution in [0.15, 0.2) is 18.2 Å². The van der Waals surface area contributed by atoms with Gasteiger partial charge in [-0.3, -0.25) is 9.69 Å². The van der Waals surface area contributed by atoms with Crippen LogP contribution in [-0.4, -0.2) is 50.1 Å². The Hall–Kier alpha value is -1.53. The summed E-state index contributed by atoms with van der Waals surface area (Å²) in [6, 6.07) is 3.35. The van der Waals surface area contributed by atoms with Crippen molar-refractivity contribution in [2.45, 2.75) is 6.04 Å². The van der Waals surface area contributed by atoms with Gasteiger partial charge in [0.2, 0.25) is 0 Å². The number of hydrogen-bond acceptors (Lipinski definition) is 3. The first-order valence-electron chi connectivity index (χ1n) is 6.22. The van der Waals surface area contributed by atoms with Gasteiger partial charge in [0.05, 0.1) is 0 Å². The molecule has 1 heterocycles. The normalized spacial score (nSPS) is 20.3. The quantitative estimate of drug-likeness (QED) is 0.844. The molecular weight excluding hydrogens is 252 g/mol. The van der Waals surface area contributed by atoms with Gasteiger partial charge < -0.3 is 10.6 Å². The molecule has 1 aliphatic heterocycles. The van der Waals surface area contributed by atoms with Crippen molar-refractivity contribution < 1.29 is 13.6 Å². The van der Waals surface area contributed by atoms with Gasteiger partial charge in [-0.05, 0) is 25.2 Å². The van der Waals surface area contributed by atoms with Crippen molar-refractivity contribution >= 4 is 5.91 Å². The summed E-state index contributed by atoms with van der Waals surface area (Å²) >= 11 is 0. The molecule has 1 saturated heterocycles. The van der Waals surface area contributed by atoms with Crippen molar-refractivity contribution in [3.8, 4) is 0 Å². The van der Waals surface area contributed by atoms with Crippen LogP contribution < -0.4 is 10.6 Å². The molecule has 1 amide bonds. The summed E-state index contributed by atoms with van der Waals surface area (Å²) < 4.78 is 25.8. The van der Waals surface area contributed by atoms with Crippen LogP contribution in [0.5, 0.6) is 0 Å². The Bertz CT molecular complexity index is 467. The topological polar surface area (TPSA) is 44.4 Å². The maximum absolute atomic E-state index is 13.0.